The summed E-state index contributed by atoms with van der Waals surface area (Å²) in [7, 11) is 1.42. The normalized spacial score (nSPS) is 12.2. The number of carbonyl (C=O) groups is 1. The Morgan fingerprint density at radius 2 is 2.12 bits per heavy atom. The quantitative estimate of drug-likeness (QED) is 0.655. The number of ether oxygens (including phenoxy) is 1. The maximum Gasteiger partial charge on any atom is 0.306 e. The van der Waals surface area contributed by atoms with Crippen molar-refractivity contribution in [3.05, 3.63) is 52.6 Å². The molecule has 0 spiro atoms. The van der Waals surface area contributed by atoms with E-state index in [0.717, 1.165) is 41.4 Å². The lowest BCUT2D eigenvalue weighted by Gasteiger charge is -2.17. The first-order valence-electron chi connectivity index (χ1n) is 8.41. The summed E-state index contributed by atoms with van der Waals surface area (Å²) in [5.41, 5.74) is 2.10. The molecule has 0 aliphatic heterocycles. The lowest BCUT2D eigenvalue weighted by Crippen LogP contribution is -2.14. The van der Waals surface area contributed by atoms with Crippen LogP contribution in [0.1, 0.15) is 56.1 Å². The van der Waals surface area contributed by atoms with Crippen molar-refractivity contribution >= 4 is 17.6 Å². The van der Waals surface area contributed by atoms with E-state index in [1.54, 1.807) is 0 Å². The molecule has 0 radical (unpaired) electrons. The van der Waals surface area contributed by atoms with Gasteiger partial charge >= 0.3 is 5.97 Å². The van der Waals surface area contributed by atoms with Crippen LogP contribution >= 0.6 is 11.6 Å². The smallest absolute Gasteiger partial charge is 0.306 e. The zero-order chi connectivity index (χ0) is 17.5. The van der Waals surface area contributed by atoms with Crippen molar-refractivity contribution in [1.29, 1.82) is 0 Å². The highest BCUT2D eigenvalue weighted by Gasteiger charge is 2.19. The second kappa shape index (κ2) is 8.88. The van der Waals surface area contributed by atoms with Crippen LogP contribution < -0.4 is 0 Å². The fourth-order valence-corrected chi connectivity index (χ4v) is 2.97. The highest BCUT2D eigenvalue weighted by atomic mass is 35.5. The van der Waals surface area contributed by atoms with Gasteiger partial charge in [-0.3, -0.25) is 4.79 Å². The molecule has 0 amide bonds. The largest absolute Gasteiger partial charge is 0.469 e. The highest BCUT2D eigenvalue weighted by Crippen LogP contribution is 2.25. The van der Waals surface area contributed by atoms with E-state index in [9.17, 15) is 4.79 Å². The standard InChI is InChI=1S/C19H25ClN2O2/c1-4-5-10-18-21-12-17(14(2)11-19(23)24-3)22(18)13-15-8-6-7-9-16(15)20/h6-9,12,14H,4-5,10-11,13H2,1-3H3. The van der Waals surface area contributed by atoms with Gasteiger partial charge in [-0.15, -0.1) is 0 Å². The van der Waals surface area contributed by atoms with E-state index in [0.29, 0.717) is 13.0 Å². The highest BCUT2D eigenvalue weighted by molar-refractivity contribution is 6.31. The molecule has 4 nitrogen and oxygen atoms in total. The predicted octanol–water partition coefficient (Wildman–Crippen LogP) is 4.59. The Labute approximate surface area is 148 Å². The fourth-order valence-electron chi connectivity index (χ4n) is 2.77. The minimum absolute atomic E-state index is 0.0443. The van der Waals surface area contributed by atoms with Crippen molar-refractivity contribution in [3.8, 4) is 0 Å². The fraction of sp³-hybridized carbons (Fsp3) is 0.474. The van der Waals surface area contributed by atoms with Crippen molar-refractivity contribution in [2.75, 3.05) is 7.11 Å². The van der Waals surface area contributed by atoms with Crippen LogP contribution in [0, 0.1) is 0 Å². The van der Waals surface area contributed by atoms with Gasteiger partial charge in [-0.1, -0.05) is 50.1 Å². The summed E-state index contributed by atoms with van der Waals surface area (Å²) in [5, 5.41) is 0.749. The van der Waals surface area contributed by atoms with Crippen molar-refractivity contribution < 1.29 is 9.53 Å². The molecule has 1 unspecified atom stereocenters. The van der Waals surface area contributed by atoms with Crippen molar-refractivity contribution in [2.45, 2.75) is 52.0 Å². The Morgan fingerprint density at radius 3 is 2.79 bits per heavy atom. The van der Waals surface area contributed by atoms with E-state index in [1.807, 2.05) is 37.4 Å². The van der Waals surface area contributed by atoms with Crippen LogP contribution in [0.25, 0.3) is 0 Å². The van der Waals surface area contributed by atoms with Gasteiger partial charge < -0.3 is 9.30 Å². The molecule has 2 aromatic rings. The Hall–Kier alpha value is -1.81. The van der Waals surface area contributed by atoms with Crippen LogP contribution in [-0.2, 0) is 22.5 Å². The minimum atomic E-state index is -0.205. The summed E-state index contributed by atoms with van der Waals surface area (Å²) < 4.78 is 7.00. The molecule has 0 saturated heterocycles. The maximum atomic E-state index is 11.6. The number of benzene rings is 1. The molecule has 1 atom stereocenters. The Bertz CT molecular complexity index is 682. The van der Waals surface area contributed by atoms with Crippen LogP contribution in [0.2, 0.25) is 5.02 Å². The number of aryl methyl sites for hydroxylation is 1. The average molecular weight is 349 g/mol. The molecule has 2 rings (SSSR count). The molecule has 1 aromatic carbocycles. The van der Waals surface area contributed by atoms with Crippen LogP contribution in [-0.4, -0.2) is 22.6 Å². The lowest BCUT2D eigenvalue weighted by molar-refractivity contribution is -0.141. The number of imidazole rings is 1. The van der Waals surface area contributed by atoms with Gasteiger partial charge in [-0.05, 0) is 18.1 Å². The summed E-state index contributed by atoms with van der Waals surface area (Å²) >= 11 is 6.33. The molecule has 0 bridgehead atoms. The number of methoxy groups -OCH3 is 1. The van der Waals surface area contributed by atoms with E-state index in [-0.39, 0.29) is 11.9 Å². The van der Waals surface area contributed by atoms with Crippen molar-refractivity contribution in [3.63, 3.8) is 0 Å². The Kier molecular flexibility index (Phi) is 6.85. The molecule has 1 aromatic heterocycles. The first-order chi connectivity index (χ1) is 11.6. The molecule has 0 aliphatic carbocycles. The third-order valence-electron chi connectivity index (χ3n) is 4.21. The van der Waals surface area contributed by atoms with E-state index in [1.165, 1.54) is 7.11 Å². The molecule has 1 heterocycles. The minimum Gasteiger partial charge on any atom is -0.469 e. The predicted molar refractivity (Wildman–Crippen MR) is 96.4 cm³/mol. The van der Waals surface area contributed by atoms with Gasteiger partial charge in [0.05, 0.1) is 20.1 Å². The second-order valence-electron chi connectivity index (χ2n) is 6.06. The third kappa shape index (κ3) is 4.60. The van der Waals surface area contributed by atoms with Gasteiger partial charge in [-0.25, -0.2) is 4.98 Å². The molecular weight excluding hydrogens is 324 g/mol. The van der Waals surface area contributed by atoms with Crippen LogP contribution in [0.4, 0.5) is 0 Å². The SMILES string of the molecule is CCCCc1ncc(C(C)CC(=O)OC)n1Cc1ccccc1Cl. The van der Waals surface area contributed by atoms with E-state index in [2.05, 4.69) is 16.5 Å². The number of hydrogen-bond acceptors (Lipinski definition) is 3. The number of aromatic nitrogens is 2. The number of hydrogen-bond donors (Lipinski definition) is 0. The van der Waals surface area contributed by atoms with Crippen molar-refractivity contribution in [2.24, 2.45) is 0 Å². The number of carbonyl (C=O) groups excluding carboxylic acids is 1. The van der Waals surface area contributed by atoms with Gasteiger partial charge in [0.15, 0.2) is 0 Å². The zero-order valence-corrected chi connectivity index (χ0v) is 15.3. The molecule has 24 heavy (non-hydrogen) atoms. The maximum absolute atomic E-state index is 11.6. The Morgan fingerprint density at radius 1 is 1.38 bits per heavy atom. The van der Waals surface area contributed by atoms with Gasteiger partial charge in [0.25, 0.3) is 0 Å². The average Bonchev–Trinajstić information content (AvgIpc) is 2.97. The third-order valence-corrected chi connectivity index (χ3v) is 4.58. The van der Waals surface area contributed by atoms with E-state index in [4.69, 9.17) is 16.3 Å². The molecule has 0 aliphatic rings. The summed E-state index contributed by atoms with van der Waals surface area (Å²) in [6, 6.07) is 7.84. The summed E-state index contributed by atoms with van der Waals surface area (Å²) in [5.74, 6) is 0.884. The second-order valence-corrected chi connectivity index (χ2v) is 6.47. The summed E-state index contributed by atoms with van der Waals surface area (Å²) in [6.07, 6.45) is 5.36. The molecule has 0 fully saturated rings. The number of halogens is 1. The van der Waals surface area contributed by atoms with Gasteiger partial charge in [0.1, 0.15) is 5.82 Å². The van der Waals surface area contributed by atoms with Crippen LogP contribution in [0.3, 0.4) is 0 Å². The molecule has 0 saturated carbocycles. The lowest BCUT2D eigenvalue weighted by atomic mass is 10.0. The van der Waals surface area contributed by atoms with Crippen LogP contribution in [0.15, 0.2) is 30.5 Å². The van der Waals surface area contributed by atoms with E-state index < -0.39 is 0 Å². The first-order valence-corrected chi connectivity index (χ1v) is 8.79. The van der Waals surface area contributed by atoms with Crippen LogP contribution in [0.5, 0.6) is 0 Å². The number of rotatable bonds is 8. The summed E-state index contributed by atoms with van der Waals surface area (Å²) in [4.78, 5) is 16.2. The van der Waals surface area contributed by atoms with E-state index >= 15 is 0 Å². The van der Waals surface area contributed by atoms with Gasteiger partial charge in [0, 0.05) is 29.3 Å². The van der Waals surface area contributed by atoms with Gasteiger partial charge in [-0.2, -0.15) is 0 Å². The topological polar surface area (TPSA) is 44.1 Å². The number of nitrogens with zero attached hydrogens (tertiary/aromatic N) is 2. The number of esters is 1. The molecule has 0 N–H and O–H groups in total. The Balaban J connectivity index is 2.32. The molecule has 5 heteroatoms. The molecular formula is C19H25ClN2O2. The monoisotopic (exact) mass is 348 g/mol. The van der Waals surface area contributed by atoms with Crippen molar-refractivity contribution in [1.82, 2.24) is 9.55 Å². The number of unbranched alkanes of at least 4 members (excludes halogenated alkanes) is 1. The first kappa shape index (κ1) is 18.5. The molecule has 130 valence electrons. The summed E-state index contributed by atoms with van der Waals surface area (Å²) in [6.45, 7) is 4.86. The van der Waals surface area contributed by atoms with Gasteiger partial charge in [0.2, 0.25) is 0 Å². The zero-order valence-electron chi connectivity index (χ0n) is 14.6.